The first-order chi connectivity index (χ1) is 8.63. The lowest BCUT2D eigenvalue weighted by atomic mass is 9.69. The molecule has 110 valence electrons. The maximum atomic E-state index is 11.0. The van der Waals surface area contributed by atoms with Crippen molar-refractivity contribution in [2.75, 3.05) is 0 Å². The Labute approximate surface area is 116 Å². The zero-order chi connectivity index (χ0) is 14.2. The molecule has 0 radical (unpaired) electrons. The Morgan fingerprint density at radius 3 is 2.42 bits per heavy atom. The van der Waals surface area contributed by atoms with Gasteiger partial charge in [-0.3, -0.25) is 0 Å². The van der Waals surface area contributed by atoms with Crippen LogP contribution in [-0.2, 0) is 4.74 Å². The fourth-order valence-electron chi connectivity index (χ4n) is 5.13. The number of hydrogen-bond acceptors (Lipinski definition) is 3. The zero-order valence-corrected chi connectivity index (χ0v) is 12.8. The molecule has 2 N–H and O–H groups in total. The van der Waals surface area contributed by atoms with Gasteiger partial charge >= 0.3 is 0 Å². The minimum Gasteiger partial charge on any atom is -0.387 e. The lowest BCUT2D eigenvalue weighted by Gasteiger charge is -2.46. The SMILES string of the molecule is CC(C)[C@@H]1CC[C@]2(C)[C@H]1[C@@H]1O[C@@]2(O)C[C@H](C)[C@]1(C)O. The molecule has 3 fully saturated rings. The second-order valence-corrected chi connectivity index (χ2v) is 8.04. The molecule has 0 amide bonds. The number of ether oxygens (including phenoxy) is 1. The summed E-state index contributed by atoms with van der Waals surface area (Å²) in [4.78, 5) is 0. The van der Waals surface area contributed by atoms with Crippen LogP contribution in [0.3, 0.4) is 0 Å². The van der Waals surface area contributed by atoms with E-state index in [9.17, 15) is 10.2 Å². The molecule has 3 heteroatoms. The molecular formula is C16H28O3. The highest BCUT2D eigenvalue weighted by Crippen LogP contribution is 2.68. The lowest BCUT2D eigenvalue weighted by molar-refractivity contribution is -0.304. The zero-order valence-electron chi connectivity index (χ0n) is 12.8. The summed E-state index contributed by atoms with van der Waals surface area (Å²) >= 11 is 0. The smallest absolute Gasteiger partial charge is 0.172 e. The molecule has 2 saturated heterocycles. The highest BCUT2D eigenvalue weighted by Gasteiger charge is 2.73. The van der Waals surface area contributed by atoms with E-state index < -0.39 is 11.4 Å². The fraction of sp³-hybridized carbons (Fsp3) is 1.00. The minimum atomic E-state index is -1.03. The Kier molecular flexibility index (Phi) is 2.73. The predicted octanol–water partition coefficient (Wildman–Crippen LogP) is 2.55. The molecule has 0 aromatic carbocycles. The van der Waals surface area contributed by atoms with E-state index in [4.69, 9.17) is 4.74 Å². The molecule has 1 aliphatic carbocycles. The van der Waals surface area contributed by atoms with Gasteiger partial charge in [0.05, 0.1) is 11.7 Å². The molecule has 0 aromatic heterocycles. The van der Waals surface area contributed by atoms with Crippen LogP contribution in [-0.4, -0.2) is 27.7 Å². The standard InChI is InChI=1S/C16H28O3/c1-9(2)11-6-7-14(4)12(11)13-15(5,17)10(3)8-16(14,18)19-13/h9-13,17-18H,6-8H2,1-5H3/t10-,11-,12+,13-,14+,15-,16-/m0/s1. The number of rotatable bonds is 1. The first-order valence-electron chi connectivity index (χ1n) is 7.76. The molecule has 2 heterocycles. The van der Waals surface area contributed by atoms with E-state index in [0.29, 0.717) is 18.3 Å². The Bertz CT molecular complexity index is 391. The van der Waals surface area contributed by atoms with Crippen LogP contribution in [0.2, 0.25) is 0 Å². The average molecular weight is 268 g/mol. The molecule has 3 nitrogen and oxygen atoms in total. The topological polar surface area (TPSA) is 49.7 Å². The summed E-state index contributed by atoms with van der Waals surface area (Å²) in [7, 11) is 0. The van der Waals surface area contributed by atoms with E-state index in [2.05, 4.69) is 20.8 Å². The lowest BCUT2D eigenvalue weighted by Crippen LogP contribution is -2.55. The highest BCUT2D eigenvalue weighted by molar-refractivity contribution is 5.17. The van der Waals surface area contributed by atoms with Crippen molar-refractivity contribution in [1.29, 1.82) is 0 Å². The van der Waals surface area contributed by atoms with Crippen molar-refractivity contribution in [3.8, 4) is 0 Å². The van der Waals surface area contributed by atoms with Gasteiger partial charge in [0.1, 0.15) is 0 Å². The van der Waals surface area contributed by atoms with Crippen molar-refractivity contribution in [2.45, 2.75) is 71.4 Å². The van der Waals surface area contributed by atoms with Gasteiger partial charge in [0, 0.05) is 17.8 Å². The number of fused-ring (bicyclic) bond motifs is 5. The van der Waals surface area contributed by atoms with Crippen molar-refractivity contribution < 1.29 is 14.9 Å². The Balaban J connectivity index is 2.07. The number of hydrogen-bond donors (Lipinski definition) is 2. The van der Waals surface area contributed by atoms with Crippen LogP contribution in [0.15, 0.2) is 0 Å². The molecular weight excluding hydrogens is 240 g/mol. The van der Waals surface area contributed by atoms with Gasteiger partial charge in [-0.1, -0.05) is 27.7 Å². The quantitative estimate of drug-likeness (QED) is 0.768. The highest BCUT2D eigenvalue weighted by atomic mass is 16.6. The van der Waals surface area contributed by atoms with Crippen molar-refractivity contribution in [1.82, 2.24) is 0 Å². The van der Waals surface area contributed by atoms with E-state index in [-0.39, 0.29) is 23.4 Å². The minimum absolute atomic E-state index is 0.0755. The monoisotopic (exact) mass is 268 g/mol. The third-order valence-corrected chi connectivity index (χ3v) is 6.75. The predicted molar refractivity (Wildman–Crippen MR) is 73.4 cm³/mol. The molecule has 0 unspecified atom stereocenters. The van der Waals surface area contributed by atoms with Gasteiger partial charge in [0.25, 0.3) is 0 Å². The molecule has 7 atom stereocenters. The molecule has 0 spiro atoms. The van der Waals surface area contributed by atoms with Crippen LogP contribution in [0.1, 0.15) is 53.9 Å². The Morgan fingerprint density at radius 1 is 1.21 bits per heavy atom. The van der Waals surface area contributed by atoms with Gasteiger partial charge in [0.15, 0.2) is 5.79 Å². The summed E-state index contributed by atoms with van der Waals surface area (Å²) in [6.45, 7) is 10.6. The van der Waals surface area contributed by atoms with Crippen LogP contribution in [0.5, 0.6) is 0 Å². The third-order valence-electron chi connectivity index (χ3n) is 6.75. The van der Waals surface area contributed by atoms with Crippen molar-refractivity contribution in [3.63, 3.8) is 0 Å². The maximum Gasteiger partial charge on any atom is 0.172 e. The van der Waals surface area contributed by atoms with E-state index >= 15 is 0 Å². The van der Waals surface area contributed by atoms with E-state index in [1.807, 2.05) is 13.8 Å². The van der Waals surface area contributed by atoms with Crippen LogP contribution in [0.4, 0.5) is 0 Å². The van der Waals surface area contributed by atoms with Crippen molar-refractivity contribution >= 4 is 0 Å². The summed E-state index contributed by atoms with van der Waals surface area (Å²) in [6, 6.07) is 0. The summed E-state index contributed by atoms with van der Waals surface area (Å²) in [5.74, 6) is 0.433. The van der Waals surface area contributed by atoms with Crippen molar-refractivity contribution in [2.24, 2.45) is 29.1 Å². The first-order valence-corrected chi connectivity index (χ1v) is 7.76. The molecule has 0 aromatic rings. The van der Waals surface area contributed by atoms with Crippen LogP contribution in [0, 0.1) is 29.1 Å². The largest absolute Gasteiger partial charge is 0.387 e. The van der Waals surface area contributed by atoms with Gasteiger partial charge in [-0.05, 0) is 37.5 Å². The summed E-state index contributed by atoms with van der Waals surface area (Å²) < 4.78 is 6.03. The molecule has 2 aliphatic heterocycles. The van der Waals surface area contributed by atoms with E-state index in [1.54, 1.807) is 0 Å². The molecule has 1 saturated carbocycles. The van der Waals surface area contributed by atoms with Crippen LogP contribution in [0.25, 0.3) is 0 Å². The van der Waals surface area contributed by atoms with Gasteiger partial charge in [0.2, 0.25) is 0 Å². The van der Waals surface area contributed by atoms with Crippen LogP contribution < -0.4 is 0 Å². The van der Waals surface area contributed by atoms with E-state index in [0.717, 1.165) is 12.8 Å². The van der Waals surface area contributed by atoms with Gasteiger partial charge in [-0.15, -0.1) is 0 Å². The summed E-state index contributed by atoms with van der Waals surface area (Å²) in [5.41, 5.74) is -1.02. The average Bonchev–Trinajstić information content (AvgIpc) is 2.71. The Hall–Kier alpha value is -0.120. The molecule has 2 bridgehead atoms. The normalized spacial score (nSPS) is 60.6. The number of aliphatic hydroxyl groups is 2. The van der Waals surface area contributed by atoms with Gasteiger partial charge in [-0.2, -0.15) is 0 Å². The maximum absolute atomic E-state index is 11.0. The van der Waals surface area contributed by atoms with Gasteiger partial charge in [-0.25, -0.2) is 0 Å². The van der Waals surface area contributed by atoms with Crippen LogP contribution >= 0.6 is 0 Å². The van der Waals surface area contributed by atoms with Gasteiger partial charge < -0.3 is 14.9 Å². The third kappa shape index (κ3) is 1.50. The van der Waals surface area contributed by atoms with Crippen molar-refractivity contribution in [3.05, 3.63) is 0 Å². The molecule has 3 rings (SSSR count). The summed E-state index contributed by atoms with van der Waals surface area (Å²) in [6.07, 6.45) is 2.48. The summed E-state index contributed by atoms with van der Waals surface area (Å²) in [5, 5.41) is 21.9. The molecule has 3 aliphatic rings. The van der Waals surface area contributed by atoms with E-state index in [1.165, 1.54) is 0 Å². The fourth-order valence-corrected chi connectivity index (χ4v) is 5.13. The first kappa shape index (κ1) is 13.8. The second kappa shape index (κ2) is 3.75. The second-order valence-electron chi connectivity index (χ2n) is 8.04. The Morgan fingerprint density at radius 2 is 1.84 bits per heavy atom. The molecule has 19 heavy (non-hydrogen) atoms.